The van der Waals surface area contributed by atoms with E-state index < -0.39 is 7.41 Å². The quantitative estimate of drug-likeness (QED) is 0.670. The Kier molecular flexibility index (Phi) is 3.33. The minimum atomic E-state index is -1.45. The summed E-state index contributed by atoms with van der Waals surface area (Å²) in [5, 5.41) is 1.86. The highest BCUT2D eigenvalue weighted by molar-refractivity contribution is 7.47. The second-order valence-corrected chi connectivity index (χ2v) is 6.21. The van der Waals surface area contributed by atoms with E-state index in [-0.39, 0.29) is 0 Å². The third kappa shape index (κ3) is 1.99. The van der Waals surface area contributed by atoms with Crippen molar-refractivity contribution < 1.29 is 4.57 Å². The Bertz CT molecular complexity index is 625. The highest BCUT2D eigenvalue weighted by Crippen LogP contribution is 2.38. The van der Waals surface area contributed by atoms with E-state index >= 15 is 0 Å². The van der Waals surface area contributed by atoms with Crippen LogP contribution in [0.1, 0.15) is 10.2 Å². The third-order valence-corrected chi connectivity index (χ3v) is 5.47. The Balaban J connectivity index is 2.80. The first-order valence-corrected chi connectivity index (χ1v) is 7.06. The molecule has 1 unspecified atom stereocenters. The van der Waals surface area contributed by atoms with E-state index in [1.54, 1.807) is 17.4 Å². The van der Waals surface area contributed by atoms with Crippen LogP contribution in [-0.4, -0.2) is 0 Å². The molecule has 0 amide bonds. The fraction of sp³-hybridized carbons (Fsp3) is 0.0769. The van der Waals surface area contributed by atoms with Crippen LogP contribution in [0.2, 0.25) is 0 Å². The van der Waals surface area contributed by atoms with Gasteiger partial charge in [0.25, 0.3) is 0 Å². The first-order chi connectivity index (χ1) is 7.74. The van der Waals surface area contributed by atoms with Gasteiger partial charge in [-0.3, -0.25) is 0 Å². The number of allylic oxidation sites excluding steroid dienone is 2. The van der Waals surface area contributed by atoms with Crippen LogP contribution in [0.4, 0.5) is 0 Å². The van der Waals surface area contributed by atoms with Crippen molar-refractivity contribution >= 4 is 34.6 Å². The van der Waals surface area contributed by atoms with Crippen LogP contribution in [0.15, 0.2) is 43.0 Å². The molecule has 1 atom stereocenters. The van der Waals surface area contributed by atoms with Gasteiger partial charge in [-0.25, -0.2) is 0 Å². The number of rotatable bonds is 2. The fourth-order valence-electron chi connectivity index (χ4n) is 1.55. The highest BCUT2D eigenvalue weighted by Gasteiger charge is 2.17. The number of fused-ring (bicyclic) bond motifs is 1. The molecule has 0 aliphatic heterocycles. The van der Waals surface area contributed by atoms with Gasteiger partial charge in [-0.2, -0.15) is 0 Å². The molecule has 3 heteroatoms. The van der Waals surface area contributed by atoms with E-state index in [4.69, 9.17) is 0 Å². The van der Waals surface area contributed by atoms with Crippen LogP contribution in [0.3, 0.4) is 0 Å². The summed E-state index contributed by atoms with van der Waals surface area (Å²) in [5.74, 6) is 0. The van der Waals surface area contributed by atoms with E-state index in [1.165, 1.54) is 0 Å². The Morgan fingerprint density at radius 2 is 2.12 bits per heavy atom. The Morgan fingerprint density at radius 3 is 2.88 bits per heavy atom. The molecule has 0 aliphatic rings. The lowest BCUT2D eigenvalue weighted by molar-refractivity contribution is 0.601. The first-order valence-electron chi connectivity index (χ1n) is 4.98. The predicted octanol–water partition coefficient (Wildman–Crippen LogP) is 5.15. The van der Waals surface area contributed by atoms with Crippen molar-refractivity contribution in [3.63, 3.8) is 0 Å². The summed E-state index contributed by atoms with van der Waals surface area (Å²) in [6, 6.07) is 7.87. The van der Waals surface area contributed by atoms with Crippen LogP contribution < -0.4 is 0 Å². The van der Waals surface area contributed by atoms with E-state index in [0.717, 1.165) is 20.0 Å². The maximum atomic E-state index is 12.3. The van der Waals surface area contributed by atoms with Crippen molar-refractivity contribution in [1.29, 1.82) is 0 Å². The van der Waals surface area contributed by atoms with Gasteiger partial charge in [-0.1, -0.05) is 35.4 Å². The van der Waals surface area contributed by atoms with Crippen LogP contribution in [0, 0.1) is 6.92 Å². The fourth-order valence-corrected chi connectivity index (χ4v) is 4.40. The van der Waals surface area contributed by atoms with Crippen LogP contribution in [-0.2, 0) is 4.57 Å². The molecule has 0 aliphatic carbocycles. The topological polar surface area (TPSA) is 17.1 Å². The molecule has 0 fully saturated rings. The Labute approximate surface area is 99.5 Å². The van der Waals surface area contributed by atoms with Crippen molar-refractivity contribution in [3.05, 3.63) is 53.2 Å². The van der Waals surface area contributed by atoms with E-state index in [2.05, 4.69) is 6.58 Å². The largest absolute Gasteiger partial charge is 0.417 e. The summed E-state index contributed by atoms with van der Waals surface area (Å²) >= 11 is 1.68. The zero-order chi connectivity index (χ0) is 11.5. The van der Waals surface area contributed by atoms with Gasteiger partial charge in [-0.15, -0.1) is 11.3 Å². The molecule has 2 aromatic rings. The summed E-state index contributed by atoms with van der Waals surface area (Å²) in [6.07, 6.45) is 5.43. The lowest BCUT2D eigenvalue weighted by atomic mass is 10.4. The molecule has 2 rings (SSSR count). The van der Waals surface area contributed by atoms with Gasteiger partial charge in [0.1, 0.15) is 0 Å². The molecule has 0 spiro atoms. The second kappa shape index (κ2) is 4.73. The van der Waals surface area contributed by atoms with Gasteiger partial charge >= 0.3 is 7.41 Å². The summed E-state index contributed by atoms with van der Waals surface area (Å²) in [7, 11) is -1.45. The van der Waals surface area contributed by atoms with Crippen molar-refractivity contribution in [2.24, 2.45) is 0 Å². The molecule has 80 valence electrons. The smallest absolute Gasteiger partial charge is 0.132 e. The number of hydrogen-bond donors (Lipinski definition) is 0. The number of benzene rings is 1. The van der Waals surface area contributed by atoms with Gasteiger partial charge in [0, 0.05) is 0 Å². The summed E-state index contributed by atoms with van der Waals surface area (Å²) in [5.41, 5.74) is 0. The Hall–Kier alpha value is -1.24. The highest BCUT2D eigenvalue weighted by atomic mass is 32.1. The summed E-state index contributed by atoms with van der Waals surface area (Å²) in [6.45, 7) is 5.64. The lowest BCUT2D eigenvalue weighted by Crippen LogP contribution is -1.74. The normalized spacial score (nSPS) is 12.2. The summed E-state index contributed by atoms with van der Waals surface area (Å²) in [4.78, 5) is 1.11. The molecule has 1 nitrogen and oxygen atoms in total. The standard InChI is InChI=1S/C13H12OPS/c1-3-4-7-11-10(2)16-13-9-6-5-8-12(13)15(11)14/h3-9H,1H2,2H3/q+1/b7-4-. The lowest BCUT2D eigenvalue weighted by Gasteiger charge is -1.93. The average Bonchev–Trinajstić information content (AvgIpc) is 2.29. The Morgan fingerprint density at radius 1 is 1.38 bits per heavy atom. The molecule has 1 heterocycles. The van der Waals surface area contributed by atoms with Gasteiger partial charge in [0.15, 0.2) is 0 Å². The van der Waals surface area contributed by atoms with E-state index in [1.807, 2.05) is 43.3 Å². The molecular weight excluding hydrogens is 235 g/mol. The molecule has 0 saturated heterocycles. The molecule has 0 N–H and O–H groups in total. The molecule has 0 bridgehead atoms. The van der Waals surface area contributed by atoms with Gasteiger partial charge in [-0.05, 0) is 25.1 Å². The average molecular weight is 247 g/mol. The molecule has 16 heavy (non-hydrogen) atoms. The SMILES string of the molecule is C=C/C=C\c1c(C)sc2ccccc2[p+]1=O. The van der Waals surface area contributed by atoms with Crippen LogP contribution in [0.5, 0.6) is 0 Å². The van der Waals surface area contributed by atoms with Gasteiger partial charge < -0.3 is 0 Å². The zero-order valence-corrected chi connectivity index (χ0v) is 10.7. The van der Waals surface area contributed by atoms with Crippen LogP contribution >= 0.6 is 18.7 Å². The third-order valence-electron chi connectivity index (χ3n) is 2.32. The minimum absolute atomic E-state index is 0.915. The second-order valence-electron chi connectivity index (χ2n) is 3.40. The molecule has 0 saturated carbocycles. The number of hydrogen-bond acceptors (Lipinski definition) is 2. The maximum absolute atomic E-state index is 12.3. The van der Waals surface area contributed by atoms with Crippen molar-refractivity contribution in [2.75, 3.05) is 0 Å². The van der Waals surface area contributed by atoms with Crippen molar-refractivity contribution in [3.8, 4) is 0 Å². The van der Waals surface area contributed by atoms with E-state index in [0.29, 0.717) is 0 Å². The predicted molar refractivity (Wildman–Crippen MR) is 73.4 cm³/mol. The van der Waals surface area contributed by atoms with E-state index in [9.17, 15) is 4.57 Å². The number of aryl methyl sites for hydroxylation is 1. The minimum Gasteiger partial charge on any atom is -0.132 e. The monoisotopic (exact) mass is 247 g/mol. The zero-order valence-electron chi connectivity index (χ0n) is 9.01. The van der Waals surface area contributed by atoms with Crippen LogP contribution in [0.25, 0.3) is 15.9 Å². The van der Waals surface area contributed by atoms with Crippen molar-refractivity contribution in [1.82, 2.24) is 0 Å². The molecule has 1 aromatic heterocycles. The van der Waals surface area contributed by atoms with Gasteiger partial charge in [0.2, 0.25) is 10.4 Å². The first kappa shape index (κ1) is 11.3. The molecule has 0 radical (unpaired) electrons. The molecular formula is C13H12OPS+. The van der Waals surface area contributed by atoms with Crippen molar-refractivity contribution in [2.45, 2.75) is 6.92 Å². The summed E-state index contributed by atoms with van der Waals surface area (Å²) < 4.78 is 13.4. The maximum Gasteiger partial charge on any atom is 0.417 e. The molecule has 1 aromatic carbocycles. The van der Waals surface area contributed by atoms with Gasteiger partial charge in [0.05, 0.1) is 9.58 Å².